The molecule has 3 rings (SSSR count). The van der Waals surface area contributed by atoms with E-state index in [1.807, 2.05) is 0 Å². The van der Waals surface area contributed by atoms with Gasteiger partial charge in [-0.2, -0.15) is 4.98 Å². The Morgan fingerprint density at radius 3 is 3.10 bits per heavy atom. The minimum atomic E-state index is -0.642. The van der Waals surface area contributed by atoms with Crippen LogP contribution in [0.1, 0.15) is 28.0 Å². The Morgan fingerprint density at radius 2 is 2.33 bits per heavy atom. The van der Waals surface area contributed by atoms with Crippen LogP contribution in [0.4, 0.5) is 0 Å². The molecule has 0 fully saturated rings. The molecule has 106 valence electrons. The van der Waals surface area contributed by atoms with E-state index in [2.05, 4.69) is 20.4 Å². The van der Waals surface area contributed by atoms with Gasteiger partial charge in [-0.1, -0.05) is 11.2 Å². The van der Waals surface area contributed by atoms with Gasteiger partial charge in [0.15, 0.2) is 5.82 Å². The lowest BCUT2D eigenvalue weighted by Crippen LogP contribution is -2.22. The smallest absolute Gasteiger partial charge is 0.260 e. The first kappa shape index (κ1) is 13.0. The zero-order chi connectivity index (χ0) is 14.7. The van der Waals surface area contributed by atoms with Crippen molar-refractivity contribution in [2.45, 2.75) is 12.5 Å². The van der Waals surface area contributed by atoms with Crippen LogP contribution in [0.25, 0.3) is 0 Å². The van der Waals surface area contributed by atoms with E-state index in [0.29, 0.717) is 5.56 Å². The summed E-state index contributed by atoms with van der Waals surface area (Å²) in [6.07, 6.45) is 7.42. The minimum absolute atomic E-state index is 0.0604. The highest BCUT2D eigenvalue weighted by molar-refractivity contribution is 5.97. The van der Waals surface area contributed by atoms with Crippen LogP contribution in [0.3, 0.4) is 0 Å². The maximum Gasteiger partial charge on any atom is 0.260 e. The molecule has 2 aromatic heterocycles. The molecular weight excluding hydrogens is 276 g/mol. The van der Waals surface area contributed by atoms with E-state index in [9.17, 15) is 9.59 Å². The summed E-state index contributed by atoms with van der Waals surface area (Å²) in [5, 5.41) is 6.33. The Balaban J connectivity index is 1.63. The Bertz CT molecular complexity index is 714. The molecule has 1 unspecified atom stereocenters. The predicted octanol–water partition coefficient (Wildman–Crippen LogP) is 0.843. The molecule has 1 aliphatic heterocycles. The molecule has 21 heavy (non-hydrogen) atoms. The Hall–Kier alpha value is -3.03. The third-order valence-electron chi connectivity index (χ3n) is 2.80. The van der Waals surface area contributed by atoms with Crippen LogP contribution in [-0.4, -0.2) is 28.2 Å². The van der Waals surface area contributed by atoms with Crippen molar-refractivity contribution in [2.24, 2.45) is 4.99 Å². The third-order valence-corrected chi connectivity index (χ3v) is 2.80. The first-order valence-corrected chi connectivity index (χ1v) is 6.11. The molecule has 0 aliphatic carbocycles. The number of nitrogens with one attached hydrogen (secondary N) is 1. The van der Waals surface area contributed by atoms with Crippen LogP contribution in [-0.2, 0) is 11.3 Å². The van der Waals surface area contributed by atoms with Gasteiger partial charge in [-0.25, -0.2) is 4.99 Å². The number of rotatable bonds is 4. The summed E-state index contributed by atoms with van der Waals surface area (Å²) in [6.45, 7) is 0.0604. The van der Waals surface area contributed by atoms with E-state index in [1.54, 1.807) is 12.2 Å². The maximum absolute atomic E-state index is 11.7. The summed E-state index contributed by atoms with van der Waals surface area (Å²) in [5.41, 5.74) is 0.398. The highest BCUT2D eigenvalue weighted by Crippen LogP contribution is 2.17. The zero-order valence-electron chi connectivity index (χ0n) is 10.7. The van der Waals surface area contributed by atoms with Crippen molar-refractivity contribution in [2.75, 3.05) is 0 Å². The first-order valence-electron chi connectivity index (χ1n) is 6.11. The number of aliphatic imine (C=N–C) groups is 1. The molecule has 0 spiro atoms. The van der Waals surface area contributed by atoms with E-state index >= 15 is 0 Å². The predicted molar refractivity (Wildman–Crippen MR) is 69.6 cm³/mol. The molecule has 0 saturated carbocycles. The van der Waals surface area contributed by atoms with Crippen LogP contribution in [0.15, 0.2) is 44.7 Å². The molecule has 1 atom stereocenters. The monoisotopic (exact) mass is 286 g/mol. The van der Waals surface area contributed by atoms with Crippen molar-refractivity contribution in [3.63, 3.8) is 0 Å². The van der Waals surface area contributed by atoms with Crippen LogP contribution in [0.5, 0.6) is 0 Å². The summed E-state index contributed by atoms with van der Waals surface area (Å²) >= 11 is 0. The molecule has 8 heteroatoms. The number of furan rings is 1. The number of carbonyl (C=O) groups is 2. The van der Waals surface area contributed by atoms with Crippen molar-refractivity contribution in [3.8, 4) is 0 Å². The normalized spacial score (nSPS) is 17.1. The fourth-order valence-electron chi connectivity index (χ4n) is 1.75. The van der Waals surface area contributed by atoms with E-state index in [1.165, 1.54) is 24.8 Å². The molecule has 0 bridgehead atoms. The standard InChI is InChI=1S/C13H10N4O4/c18-12(8-3-5-20-7-8)15-6-10-16-11(17-21-10)9-2-1-4-14-13(9)19/h1-5,7,9H,6H2,(H,15,18). The second-order valence-electron chi connectivity index (χ2n) is 4.22. The largest absolute Gasteiger partial charge is 0.472 e. The van der Waals surface area contributed by atoms with E-state index in [-0.39, 0.29) is 30.1 Å². The molecule has 3 heterocycles. The lowest BCUT2D eigenvalue weighted by atomic mass is 10.1. The summed E-state index contributed by atoms with van der Waals surface area (Å²) in [6, 6.07) is 1.54. The fourth-order valence-corrected chi connectivity index (χ4v) is 1.75. The first-order chi connectivity index (χ1) is 10.2. The van der Waals surface area contributed by atoms with Gasteiger partial charge in [-0.05, 0) is 12.1 Å². The molecule has 1 N–H and O–H groups in total. The SMILES string of the molecule is O=C(NCc1nc(C2C=CC=NC2=O)no1)c1ccoc1. The lowest BCUT2D eigenvalue weighted by Gasteiger charge is -2.04. The number of hydrogen-bond donors (Lipinski definition) is 1. The van der Waals surface area contributed by atoms with Gasteiger partial charge in [0, 0.05) is 6.21 Å². The summed E-state index contributed by atoms with van der Waals surface area (Å²) in [7, 11) is 0. The van der Waals surface area contributed by atoms with Crippen molar-refractivity contribution in [1.82, 2.24) is 15.5 Å². The number of dihydropyridines is 1. The number of carbonyl (C=O) groups excluding carboxylic acids is 2. The third kappa shape index (κ3) is 2.78. The van der Waals surface area contributed by atoms with Gasteiger partial charge < -0.3 is 14.3 Å². The molecule has 2 amide bonds. The molecule has 0 aromatic carbocycles. The second kappa shape index (κ2) is 5.53. The van der Waals surface area contributed by atoms with Crippen LogP contribution < -0.4 is 5.32 Å². The van der Waals surface area contributed by atoms with Gasteiger partial charge in [0.25, 0.3) is 11.8 Å². The maximum atomic E-state index is 11.7. The molecular formula is C13H10N4O4. The quantitative estimate of drug-likeness (QED) is 0.891. The van der Waals surface area contributed by atoms with Gasteiger partial charge in [0.1, 0.15) is 12.2 Å². The zero-order valence-corrected chi connectivity index (χ0v) is 10.7. The van der Waals surface area contributed by atoms with Gasteiger partial charge in [0.05, 0.1) is 18.4 Å². The average Bonchev–Trinajstić information content (AvgIpc) is 3.17. The van der Waals surface area contributed by atoms with Crippen molar-refractivity contribution in [1.29, 1.82) is 0 Å². The van der Waals surface area contributed by atoms with E-state index in [4.69, 9.17) is 8.94 Å². The summed E-state index contributed by atoms with van der Waals surface area (Å²) in [5.74, 6) is -0.885. The number of nitrogens with zero attached hydrogens (tertiary/aromatic N) is 3. The van der Waals surface area contributed by atoms with Crippen LogP contribution in [0.2, 0.25) is 0 Å². The van der Waals surface area contributed by atoms with E-state index < -0.39 is 5.92 Å². The number of hydrogen-bond acceptors (Lipinski definition) is 6. The molecule has 0 radical (unpaired) electrons. The Kier molecular flexibility index (Phi) is 3.42. The van der Waals surface area contributed by atoms with E-state index in [0.717, 1.165) is 0 Å². The van der Waals surface area contributed by atoms with Gasteiger partial charge in [-0.3, -0.25) is 9.59 Å². The topological polar surface area (TPSA) is 111 Å². The lowest BCUT2D eigenvalue weighted by molar-refractivity contribution is -0.118. The molecule has 1 aliphatic rings. The van der Waals surface area contributed by atoms with Crippen LogP contribution in [0, 0.1) is 0 Å². The van der Waals surface area contributed by atoms with Gasteiger partial charge >= 0.3 is 0 Å². The summed E-state index contributed by atoms with van der Waals surface area (Å²) < 4.78 is 9.81. The highest BCUT2D eigenvalue weighted by Gasteiger charge is 2.24. The van der Waals surface area contributed by atoms with Crippen molar-refractivity contribution < 1.29 is 18.5 Å². The fraction of sp³-hybridized carbons (Fsp3) is 0.154. The highest BCUT2D eigenvalue weighted by atomic mass is 16.5. The van der Waals surface area contributed by atoms with Crippen molar-refractivity contribution >= 4 is 18.0 Å². The number of allylic oxidation sites excluding steroid dienone is 1. The molecule has 2 aromatic rings. The Morgan fingerprint density at radius 1 is 1.43 bits per heavy atom. The number of aromatic nitrogens is 2. The van der Waals surface area contributed by atoms with Crippen LogP contribution >= 0.6 is 0 Å². The summed E-state index contributed by atoms with van der Waals surface area (Å²) in [4.78, 5) is 31.0. The molecule has 8 nitrogen and oxygen atoms in total. The second-order valence-corrected chi connectivity index (χ2v) is 4.22. The Labute approximate surface area is 118 Å². The average molecular weight is 286 g/mol. The van der Waals surface area contributed by atoms with Gasteiger partial charge in [-0.15, -0.1) is 0 Å². The van der Waals surface area contributed by atoms with Gasteiger partial charge in [0.2, 0.25) is 5.89 Å². The number of amides is 2. The molecule has 0 saturated heterocycles. The minimum Gasteiger partial charge on any atom is -0.472 e. The van der Waals surface area contributed by atoms with Crippen molar-refractivity contribution in [3.05, 3.63) is 48.0 Å².